The third kappa shape index (κ3) is 6.34. The lowest BCUT2D eigenvalue weighted by atomic mass is 9.73. The number of sulfone groups is 1. The molecule has 1 aromatic carbocycles. The molecule has 0 amide bonds. The van der Waals surface area contributed by atoms with Crippen molar-refractivity contribution in [2.45, 2.75) is 57.0 Å². The topological polar surface area (TPSA) is 104 Å². The van der Waals surface area contributed by atoms with Crippen molar-refractivity contribution in [1.29, 1.82) is 5.26 Å². The van der Waals surface area contributed by atoms with E-state index in [0.717, 1.165) is 54.3 Å². The van der Waals surface area contributed by atoms with E-state index in [1.54, 1.807) is 0 Å². The van der Waals surface area contributed by atoms with Gasteiger partial charge in [0.05, 0.1) is 39.3 Å². The number of nitrogens with zero attached hydrogens (tertiary/aromatic N) is 4. The summed E-state index contributed by atoms with van der Waals surface area (Å²) in [5.74, 6) is -0.251. The third-order valence-electron chi connectivity index (χ3n) is 8.89. The number of carbonyl (C=O) groups excluding carboxylic acids is 1. The summed E-state index contributed by atoms with van der Waals surface area (Å²) < 4.78 is 64.2. The number of alkyl halides is 3. The van der Waals surface area contributed by atoms with Crippen LogP contribution in [0.25, 0.3) is 21.1 Å². The van der Waals surface area contributed by atoms with Gasteiger partial charge >= 0.3 is 6.18 Å². The number of rotatable bonds is 7. The van der Waals surface area contributed by atoms with Crippen molar-refractivity contribution in [3.05, 3.63) is 53.9 Å². The molecule has 43 heavy (non-hydrogen) atoms. The standard InChI is InChI=1S/C31H31F3N4O3S2/c32-31(33,34)26-7-3-6-24(36-26)29-37-27(23-5-2-1-4-22(23)25(39)18-30(19-35)12-13-30)28(42-29)20-8-10-21(11-9-20)38-14-16-43(40,41)17-15-38/h3,6-11,22-23H,1-2,4-5,12-18H2/t22-,23-/m1/s1. The quantitative estimate of drug-likeness (QED) is 0.288. The summed E-state index contributed by atoms with van der Waals surface area (Å²) in [6.45, 7) is 0.823. The van der Waals surface area contributed by atoms with E-state index in [2.05, 4.69) is 11.1 Å². The average Bonchev–Trinajstić information content (AvgIpc) is 3.63. The van der Waals surface area contributed by atoms with Gasteiger partial charge in [0, 0.05) is 37.0 Å². The molecule has 3 heterocycles. The van der Waals surface area contributed by atoms with Crippen LogP contribution in [0.2, 0.25) is 0 Å². The van der Waals surface area contributed by atoms with Crippen molar-refractivity contribution < 1.29 is 26.4 Å². The maximum absolute atomic E-state index is 13.6. The lowest BCUT2D eigenvalue weighted by molar-refractivity contribution is -0.141. The highest BCUT2D eigenvalue weighted by atomic mass is 32.2. The molecule has 226 valence electrons. The first-order chi connectivity index (χ1) is 20.5. The zero-order chi connectivity index (χ0) is 30.4. The van der Waals surface area contributed by atoms with Crippen LogP contribution in [-0.2, 0) is 20.8 Å². The summed E-state index contributed by atoms with van der Waals surface area (Å²) in [6.07, 6.45) is 0.315. The second kappa shape index (κ2) is 11.3. The number of nitriles is 1. The van der Waals surface area contributed by atoms with Gasteiger partial charge in [0.15, 0.2) is 9.84 Å². The van der Waals surface area contributed by atoms with Crippen molar-refractivity contribution in [3.8, 4) is 27.2 Å². The third-order valence-corrected chi connectivity index (χ3v) is 11.6. The number of hydrogen-bond donors (Lipinski definition) is 0. The van der Waals surface area contributed by atoms with Crippen molar-refractivity contribution in [2.75, 3.05) is 29.5 Å². The van der Waals surface area contributed by atoms with Crippen LogP contribution in [-0.4, -0.2) is 48.8 Å². The number of halogens is 3. The van der Waals surface area contributed by atoms with Crippen molar-refractivity contribution in [1.82, 2.24) is 9.97 Å². The predicted octanol–water partition coefficient (Wildman–Crippen LogP) is 6.66. The van der Waals surface area contributed by atoms with Gasteiger partial charge in [-0.1, -0.05) is 31.0 Å². The van der Waals surface area contributed by atoms with Crippen LogP contribution >= 0.6 is 11.3 Å². The summed E-state index contributed by atoms with van der Waals surface area (Å²) in [6, 6.07) is 13.8. The Balaban J connectivity index is 1.37. The Labute approximate surface area is 252 Å². The van der Waals surface area contributed by atoms with E-state index < -0.39 is 27.1 Å². The maximum atomic E-state index is 13.6. The van der Waals surface area contributed by atoms with Gasteiger partial charge < -0.3 is 4.90 Å². The number of ketones is 1. The zero-order valence-electron chi connectivity index (χ0n) is 23.4. The van der Waals surface area contributed by atoms with Crippen molar-refractivity contribution in [2.24, 2.45) is 11.3 Å². The summed E-state index contributed by atoms with van der Waals surface area (Å²) >= 11 is 1.27. The highest BCUT2D eigenvalue weighted by molar-refractivity contribution is 7.91. The molecule has 2 aliphatic carbocycles. The van der Waals surface area contributed by atoms with Gasteiger partial charge in [-0.15, -0.1) is 11.3 Å². The molecule has 3 fully saturated rings. The molecule has 1 saturated heterocycles. The van der Waals surface area contributed by atoms with Gasteiger partial charge in [0.2, 0.25) is 0 Å². The van der Waals surface area contributed by atoms with Crippen LogP contribution < -0.4 is 4.90 Å². The van der Waals surface area contributed by atoms with E-state index in [-0.39, 0.29) is 41.2 Å². The smallest absolute Gasteiger partial charge is 0.369 e. The number of anilines is 1. The summed E-state index contributed by atoms with van der Waals surface area (Å²) in [4.78, 5) is 25.2. The highest BCUT2D eigenvalue weighted by Crippen LogP contribution is 2.51. The van der Waals surface area contributed by atoms with E-state index in [4.69, 9.17) is 4.98 Å². The van der Waals surface area contributed by atoms with Crippen LogP contribution in [0.5, 0.6) is 0 Å². The molecule has 0 spiro atoms. The van der Waals surface area contributed by atoms with E-state index in [1.807, 2.05) is 29.2 Å². The normalized spacial score (nSPS) is 23.0. The molecule has 2 aromatic heterocycles. The van der Waals surface area contributed by atoms with Crippen molar-refractivity contribution >= 4 is 32.6 Å². The van der Waals surface area contributed by atoms with E-state index in [0.29, 0.717) is 30.2 Å². The Hall–Kier alpha value is -3.30. The van der Waals surface area contributed by atoms with Crippen LogP contribution in [0.15, 0.2) is 42.5 Å². The first-order valence-electron chi connectivity index (χ1n) is 14.5. The Kier molecular flexibility index (Phi) is 7.84. The minimum atomic E-state index is -4.59. The number of Topliss-reactive ketones (excluding diaryl/α,β-unsaturated/α-hetero) is 1. The van der Waals surface area contributed by atoms with Gasteiger partial charge in [-0.3, -0.25) is 4.79 Å². The zero-order valence-corrected chi connectivity index (χ0v) is 25.1. The number of carbonyl (C=O) groups is 1. The lowest BCUT2D eigenvalue weighted by Crippen LogP contribution is -2.40. The van der Waals surface area contributed by atoms with Crippen LogP contribution in [0.1, 0.15) is 62.3 Å². The number of aromatic nitrogens is 2. The predicted molar refractivity (Wildman–Crippen MR) is 158 cm³/mol. The molecule has 1 aliphatic heterocycles. The minimum Gasteiger partial charge on any atom is -0.369 e. The number of thiazole rings is 1. The second-order valence-electron chi connectivity index (χ2n) is 11.9. The highest BCUT2D eigenvalue weighted by Gasteiger charge is 2.47. The molecule has 0 N–H and O–H groups in total. The number of benzene rings is 1. The van der Waals surface area contributed by atoms with Gasteiger partial charge in [0.25, 0.3) is 0 Å². The fourth-order valence-electron chi connectivity index (χ4n) is 6.19. The maximum Gasteiger partial charge on any atom is 0.433 e. The van der Waals surface area contributed by atoms with Crippen LogP contribution in [0, 0.1) is 22.7 Å². The summed E-state index contributed by atoms with van der Waals surface area (Å²) in [5.41, 5.74) is 0.983. The monoisotopic (exact) mass is 628 g/mol. The Morgan fingerprint density at radius 1 is 1.05 bits per heavy atom. The fourth-order valence-corrected chi connectivity index (χ4v) is 8.51. The van der Waals surface area contributed by atoms with Gasteiger partial charge in [-0.2, -0.15) is 18.4 Å². The molecule has 3 aromatic rings. The molecule has 0 unspecified atom stereocenters. The molecule has 0 radical (unpaired) electrons. The minimum absolute atomic E-state index is 0.0665. The van der Waals surface area contributed by atoms with E-state index >= 15 is 0 Å². The molecule has 2 atom stereocenters. The van der Waals surface area contributed by atoms with Crippen LogP contribution in [0.3, 0.4) is 0 Å². The number of pyridine rings is 1. The fraction of sp³-hybridized carbons (Fsp3) is 0.484. The largest absolute Gasteiger partial charge is 0.433 e. The van der Waals surface area contributed by atoms with Gasteiger partial charge in [-0.25, -0.2) is 18.4 Å². The molecule has 0 bridgehead atoms. The van der Waals surface area contributed by atoms with Crippen molar-refractivity contribution in [3.63, 3.8) is 0 Å². The number of hydrogen-bond acceptors (Lipinski definition) is 8. The molecule has 2 saturated carbocycles. The van der Waals surface area contributed by atoms with E-state index in [9.17, 15) is 31.6 Å². The first kappa shape index (κ1) is 29.8. The Bertz CT molecular complexity index is 1660. The summed E-state index contributed by atoms with van der Waals surface area (Å²) in [5, 5.41) is 9.95. The molecule has 7 nitrogen and oxygen atoms in total. The lowest BCUT2D eigenvalue weighted by Gasteiger charge is -2.31. The van der Waals surface area contributed by atoms with Gasteiger partial charge in [-0.05, 0) is 55.5 Å². The SMILES string of the molecule is N#CC1(CC(=O)[C@@H]2CCCC[C@H]2c2nc(-c3cccc(C(F)(F)F)n3)sc2-c2ccc(N3CCS(=O)(=O)CC3)cc2)CC1. The Morgan fingerprint density at radius 2 is 1.74 bits per heavy atom. The Morgan fingerprint density at radius 3 is 2.40 bits per heavy atom. The molecular formula is C31H31F3N4O3S2. The second-order valence-corrected chi connectivity index (χ2v) is 15.2. The first-order valence-corrected chi connectivity index (χ1v) is 17.2. The van der Waals surface area contributed by atoms with E-state index in [1.165, 1.54) is 23.5 Å². The average molecular weight is 629 g/mol. The molecule has 12 heteroatoms. The van der Waals surface area contributed by atoms with Gasteiger partial charge in [0.1, 0.15) is 16.5 Å². The van der Waals surface area contributed by atoms with Crippen LogP contribution in [0.4, 0.5) is 18.9 Å². The molecule has 6 rings (SSSR count). The molecular weight excluding hydrogens is 597 g/mol. The molecule has 3 aliphatic rings. The summed E-state index contributed by atoms with van der Waals surface area (Å²) in [7, 11) is -3.02.